The minimum absolute atomic E-state index is 0.171. The summed E-state index contributed by atoms with van der Waals surface area (Å²) in [6, 6.07) is 0. The van der Waals surface area contributed by atoms with Gasteiger partial charge in [0.25, 0.3) is 0 Å². The van der Waals surface area contributed by atoms with Crippen molar-refractivity contribution in [2.24, 2.45) is 0 Å². The van der Waals surface area contributed by atoms with Gasteiger partial charge in [-0.1, -0.05) is 348 Å². The van der Waals surface area contributed by atoms with Gasteiger partial charge in [0.05, 0.1) is 36.9 Å². The molecular formula is C75H141N3O9S3. The molecule has 0 amide bonds. The predicted octanol–water partition coefficient (Wildman–Crippen LogP) is 21.1. The molecule has 90 heavy (non-hydrogen) atoms. The molecule has 0 bridgehead atoms. The van der Waals surface area contributed by atoms with E-state index >= 15 is 0 Å². The van der Waals surface area contributed by atoms with Gasteiger partial charge in [0.2, 0.25) is 0 Å². The van der Waals surface area contributed by atoms with E-state index in [0.29, 0.717) is 0 Å². The quantitative estimate of drug-likeness (QED) is 0.0348. The van der Waals surface area contributed by atoms with E-state index in [4.69, 9.17) is 14.2 Å². The fourth-order valence-electron chi connectivity index (χ4n) is 11.9. The predicted molar refractivity (Wildman–Crippen MR) is 390 cm³/mol. The highest BCUT2D eigenvalue weighted by Gasteiger charge is 2.18. The number of esters is 3. The number of unbranched alkanes of at least 4 members (excludes halogenated alkanes) is 51. The molecule has 0 radical (unpaired) electrons. The van der Waals surface area contributed by atoms with E-state index in [1.165, 1.54) is 343 Å². The van der Waals surface area contributed by atoms with Gasteiger partial charge in [-0.3, -0.25) is 14.4 Å². The Morgan fingerprint density at radius 1 is 0.244 bits per heavy atom. The Bertz CT molecular complexity index is 1700. The smallest absolute Gasteiger partial charge is 0.336 e. The van der Waals surface area contributed by atoms with E-state index in [1.807, 2.05) is 0 Å². The highest BCUT2D eigenvalue weighted by Crippen LogP contribution is 2.19. The maximum Gasteiger partial charge on any atom is 0.336 e. The number of rotatable bonds is 72. The molecule has 0 saturated carbocycles. The van der Waals surface area contributed by atoms with Crippen LogP contribution in [0.2, 0.25) is 0 Å². The Morgan fingerprint density at radius 3 is 0.544 bits per heavy atom. The number of hydrogen-bond donors (Lipinski definition) is 0. The molecule has 12 nitrogen and oxygen atoms in total. The fraction of sp³-hybridized carbons (Fsp3) is 0.920. The summed E-state index contributed by atoms with van der Waals surface area (Å²) in [5.41, 5.74) is -2.64. The number of aromatic nitrogens is 3. The van der Waals surface area contributed by atoms with Crippen molar-refractivity contribution >= 4 is 53.2 Å². The van der Waals surface area contributed by atoms with Crippen LogP contribution in [-0.4, -0.2) is 85.9 Å². The van der Waals surface area contributed by atoms with Crippen LogP contribution in [0.5, 0.6) is 0 Å². The topological polar surface area (TPSA) is 145 Å². The number of hydrogen-bond acceptors (Lipinski definition) is 12. The summed E-state index contributed by atoms with van der Waals surface area (Å²) in [5, 5.41) is 0. The molecule has 1 rings (SSSR count). The van der Waals surface area contributed by atoms with Gasteiger partial charge in [-0.05, 0) is 36.5 Å². The molecule has 0 aromatic carbocycles. The standard InChI is InChI=1S/C75H141N3O9S3/c1-4-7-10-13-16-19-22-25-28-31-34-37-40-43-46-49-52-55-64-88-67-70(79)85-61-58-76-73(82)77(59-62-86-71(80)68-89-65-56-53-50-47-44-41-38-35-32-29-26-23-20-17-14-11-8-5-2)75(84)78(74(76)83)60-63-87-72(81)69-90-66-57-54-51-48-45-42-39-36-33-30-27-24-21-18-15-12-9-6-3/h4-69H2,1-3H3. The Hall–Kier alpha value is -2.13. The van der Waals surface area contributed by atoms with Crippen molar-refractivity contribution in [3.63, 3.8) is 0 Å². The number of carbonyl (C=O) groups is 3. The summed E-state index contributed by atoms with van der Waals surface area (Å²) in [6.45, 7) is 5.34. The van der Waals surface area contributed by atoms with Crippen LogP contribution in [-0.2, 0) is 48.2 Å². The lowest BCUT2D eigenvalue weighted by atomic mass is 10.0. The summed E-state index contributed by atoms with van der Waals surface area (Å²) in [6.07, 6.45) is 71.6. The number of thioether (sulfide) groups is 3. The first kappa shape index (κ1) is 85.9. The van der Waals surface area contributed by atoms with Gasteiger partial charge in [0.15, 0.2) is 0 Å². The Kier molecular flexibility index (Phi) is 65.1. The molecule has 1 heterocycles. The molecule has 0 N–H and O–H groups in total. The van der Waals surface area contributed by atoms with Crippen molar-refractivity contribution < 1.29 is 28.6 Å². The van der Waals surface area contributed by atoms with Crippen LogP contribution >= 0.6 is 35.3 Å². The molecule has 0 atom stereocenters. The summed E-state index contributed by atoms with van der Waals surface area (Å²) in [4.78, 5) is 79.3. The van der Waals surface area contributed by atoms with Crippen LogP contribution in [0.25, 0.3) is 0 Å². The van der Waals surface area contributed by atoms with E-state index in [1.54, 1.807) is 0 Å². The summed E-state index contributed by atoms with van der Waals surface area (Å²) < 4.78 is 19.0. The largest absolute Gasteiger partial charge is 0.463 e. The molecular weight excluding hydrogens is 1180 g/mol. The SMILES string of the molecule is CCCCCCCCCCCCCCCCCCCCSCC(=O)OCCn1c(=O)n(CCOC(=O)CSCCCCCCCCCCCCCCCCCCCC)c(=O)n(CCOC(=O)CSCCCCCCCCCCCCCCCCCCCC)c1=O. The van der Waals surface area contributed by atoms with Crippen molar-refractivity contribution in [1.29, 1.82) is 0 Å². The molecule has 1 aromatic rings. The average molecular weight is 1330 g/mol. The average Bonchev–Trinajstić information content (AvgIpc) is 0.821. The highest BCUT2D eigenvalue weighted by molar-refractivity contribution is 8.00. The molecule has 0 spiro atoms. The number of ether oxygens (including phenoxy) is 3. The van der Waals surface area contributed by atoms with E-state index in [9.17, 15) is 28.8 Å². The van der Waals surface area contributed by atoms with Gasteiger partial charge in [-0.2, -0.15) is 35.3 Å². The van der Waals surface area contributed by atoms with Crippen molar-refractivity contribution in [2.75, 3.05) is 54.3 Å². The second-order valence-corrected chi connectivity index (χ2v) is 29.5. The van der Waals surface area contributed by atoms with E-state index in [2.05, 4.69) is 20.8 Å². The first-order chi connectivity index (χ1) is 44.3. The molecule has 528 valence electrons. The maximum absolute atomic E-state index is 13.7. The molecule has 1 aromatic heterocycles. The molecule has 0 aliphatic carbocycles. The zero-order valence-corrected chi connectivity index (χ0v) is 61.4. The van der Waals surface area contributed by atoms with Crippen molar-refractivity contribution in [3.05, 3.63) is 31.5 Å². The van der Waals surface area contributed by atoms with Crippen LogP contribution in [0.15, 0.2) is 14.4 Å². The Labute approximate surface area is 565 Å². The molecule has 0 saturated heterocycles. The minimum atomic E-state index is -0.881. The van der Waals surface area contributed by atoms with Gasteiger partial charge in [0, 0.05) is 0 Å². The molecule has 0 fully saturated rings. The first-order valence-electron chi connectivity index (χ1n) is 38.4. The summed E-state index contributed by atoms with van der Waals surface area (Å²) in [5.74, 6) is 1.79. The number of carbonyl (C=O) groups excluding carboxylic acids is 3. The lowest BCUT2D eigenvalue weighted by molar-refractivity contribution is -0.141. The van der Waals surface area contributed by atoms with Crippen LogP contribution < -0.4 is 17.1 Å². The summed E-state index contributed by atoms with van der Waals surface area (Å²) in [7, 11) is 0. The lowest BCUT2D eigenvalue weighted by Crippen LogP contribution is -2.55. The third kappa shape index (κ3) is 55.2. The zero-order valence-electron chi connectivity index (χ0n) is 58.9. The first-order valence-corrected chi connectivity index (χ1v) is 41.9. The van der Waals surface area contributed by atoms with Gasteiger partial charge < -0.3 is 14.2 Å². The molecule has 0 aliphatic heterocycles. The van der Waals surface area contributed by atoms with Gasteiger partial charge in [0.1, 0.15) is 19.8 Å². The molecule has 15 heteroatoms. The van der Waals surface area contributed by atoms with Crippen LogP contribution in [0.4, 0.5) is 0 Å². The van der Waals surface area contributed by atoms with Crippen LogP contribution in [0, 0.1) is 0 Å². The van der Waals surface area contributed by atoms with Gasteiger partial charge in [-0.15, -0.1) is 0 Å². The lowest BCUT2D eigenvalue weighted by Gasteiger charge is -2.14. The Morgan fingerprint density at radius 2 is 0.389 bits per heavy atom. The molecule has 0 aliphatic rings. The van der Waals surface area contributed by atoms with Gasteiger partial charge in [-0.25, -0.2) is 28.1 Å². The Balaban J connectivity index is 2.48. The summed E-state index contributed by atoms with van der Waals surface area (Å²) >= 11 is 4.57. The van der Waals surface area contributed by atoms with E-state index in [-0.39, 0.29) is 56.7 Å². The third-order valence-corrected chi connectivity index (χ3v) is 20.8. The van der Waals surface area contributed by atoms with Crippen LogP contribution in [0.3, 0.4) is 0 Å². The maximum atomic E-state index is 13.7. The van der Waals surface area contributed by atoms with E-state index in [0.717, 1.165) is 69.5 Å². The van der Waals surface area contributed by atoms with Gasteiger partial charge >= 0.3 is 35.0 Å². The van der Waals surface area contributed by atoms with Crippen LogP contribution in [0.1, 0.15) is 367 Å². The zero-order chi connectivity index (χ0) is 65.1. The van der Waals surface area contributed by atoms with Crippen molar-refractivity contribution in [1.82, 2.24) is 13.7 Å². The molecule has 0 unspecified atom stereocenters. The van der Waals surface area contributed by atoms with Crippen molar-refractivity contribution in [3.8, 4) is 0 Å². The monoisotopic (exact) mass is 1320 g/mol. The second kappa shape index (κ2) is 68.3. The number of nitrogens with zero attached hydrogens (tertiary/aromatic N) is 3. The third-order valence-electron chi connectivity index (χ3n) is 17.7. The van der Waals surface area contributed by atoms with Crippen molar-refractivity contribution in [2.45, 2.75) is 387 Å². The van der Waals surface area contributed by atoms with E-state index < -0.39 is 35.0 Å². The highest BCUT2D eigenvalue weighted by atomic mass is 32.2. The minimum Gasteiger partial charge on any atom is -0.463 e. The fourth-order valence-corrected chi connectivity index (χ4v) is 14.3. The normalized spacial score (nSPS) is 11.5. The second-order valence-electron chi connectivity index (χ2n) is 26.2.